The minimum absolute atomic E-state index is 0.108. The van der Waals surface area contributed by atoms with Crippen LogP contribution in [-0.2, 0) is 0 Å². The molecule has 1 aromatic heterocycles. The van der Waals surface area contributed by atoms with E-state index in [1.54, 1.807) is 17.4 Å². The lowest BCUT2D eigenvalue weighted by Gasteiger charge is -2.11. The number of thiophene rings is 1. The predicted molar refractivity (Wildman–Crippen MR) is 94.2 cm³/mol. The van der Waals surface area contributed by atoms with Crippen molar-refractivity contribution in [3.8, 4) is 6.07 Å². The number of hydrogen-bond acceptors (Lipinski definition) is 3. The molecule has 0 N–H and O–H groups in total. The van der Waals surface area contributed by atoms with E-state index in [-0.39, 0.29) is 5.70 Å². The number of benzene rings is 1. The van der Waals surface area contributed by atoms with Crippen LogP contribution >= 0.6 is 11.3 Å². The fourth-order valence-electron chi connectivity index (χ4n) is 1.82. The van der Waals surface area contributed by atoms with Crippen LogP contribution in [0, 0.1) is 17.9 Å². The fourth-order valence-corrected chi connectivity index (χ4v) is 2.67. The highest BCUT2D eigenvalue weighted by molar-refractivity contribution is 7.13. The van der Waals surface area contributed by atoms with Crippen molar-refractivity contribution in [3.63, 3.8) is 0 Å². The highest BCUT2D eigenvalue weighted by Crippen LogP contribution is 2.22. The minimum atomic E-state index is 0.108. The van der Waals surface area contributed by atoms with Gasteiger partial charge in [0, 0.05) is 29.5 Å². The molecule has 1 heterocycles. The van der Waals surface area contributed by atoms with E-state index in [0.29, 0.717) is 0 Å². The van der Waals surface area contributed by atoms with E-state index in [2.05, 4.69) is 40.1 Å². The summed E-state index contributed by atoms with van der Waals surface area (Å²) in [5.74, 6) is 0. The molecule has 0 saturated heterocycles. The monoisotopic (exact) mass is 305 g/mol. The average Bonchev–Trinajstić information content (AvgIpc) is 2.98. The van der Waals surface area contributed by atoms with E-state index < -0.39 is 0 Å². The van der Waals surface area contributed by atoms with E-state index in [1.807, 2.05) is 38.4 Å². The second kappa shape index (κ2) is 7.26. The summed E-state index contributed by atoms with van der Waals surface area (Å²) in [6.45, 7) is 6.88. The molecule has 0 aliphatic carbocycles. The first-order valence-electron chi connectivity index (χ1n) is 6.67. The number of anilines is 1. The molecule has 0 atom stereocenters. The molecule has 0 aliphatic rings. The van der Waals surface area contributed by atoms with Crippen LogP contribution in [0.5, 0.6) is 0 Å². The van der Waals surface area contributed by atoms with Gasteiger partial charge >= 0.3 is 0 Å². The van der Waals surface area contributed by atoms with Gasteiger partial charge in [-0.25, -0.2) is 10.1 Å². The van der Waals surface area contributed by atoms with Crippen LogP contribution in [0.25, 0.3) is 23.1 Å². The molecule has 2 rings (SSSR count). The summed E-state index contributed by atoms with van der Waals surface area (Å²) in [5.41, 5.74) is 2.41. The summed E-state index contributed by atoms with van der Waals surface area (Å²) in [7, 11) is 4.04. The van der Waals surface area contributed by atoms with Crippen molar-refractivity contribution in [2.75, 3.05) is 19.0 Å². The highest BCUT2D eigenvalue weighted by Gasteiger charge is 1.98. The molecule has 0 aliphatic heterocycles. The van der Waals surface area contributed by atoms with Gasteiger partial charge in [-0.3, -0.25) is 0 Å². The maximum atomic E-state index is 8.76. The normalized spacial score (nSPS) is 11.2. The smallest absolute Gasteiger partial charge is 0.263 e. The standard InChI is InChI=1S/C18H15N3S/c1-20-15(13-19)12-18-11-10-17(22-18)9-6-14-4-7-16(8-5-14)21(2)3/h4-12H,2-3H3/b9-6+,15-12-. The quantitative estimate of drug-likeness (QED) is 0.602. The second-order valence-electron chi connectivity index (χ2n) is 4.81. The van der Waals surface area contributed by atoms with Gasteiger partial charge in [-0.15, -0.1) is 11.3 Å². The molecule has 22 heavy (non-hydrogen) atoms. The Morgan fingerprint density at radius 3 is 2.41 bits per heavy atom. The minimum Gasteiger partial charge on any atom is -0.378 e. The zero-order chi connectivity index (χ0) is 15.9. The van der Waals surface area contributed by atoms with Gasteiger partial charge in [-0.2, -0.15) is 0 Å². The summed E-state index contributed by atoms with van der Waals surface area (Å²) in [4.78, 5) is 7.23. The van der Waals surface area contributed by atoms with Gasteiger partial charge in [0.1, 0.15) is 0 Å². The molecule has 3 nitrogen and oxygen atoms in total. The van der Waals surface area contributed by atoms with Crippen LogP contribution in [0.15, 0.2) is 42.1 Å². The topological polar surface area (TPSA) is 31.4 Å². The van der Waals surface area contributed by atoms with Crippen molar-refractivity contribution in [1.82, 2.24) is 0 Å². The van der Waals surface area contributed by atoms with Crippen molar-refractivity contribution in [1.29, 1.82) is 5.26 Å². The van der Waals surface area contributed by atoms with E-state index >= 15 is 0 Å². The van der Waals surface area contributed by atoms with Gasteiger partial charge in [0.25, 0.3) is 5.70 Å². The third-order valence-electron chi connectivity index (χ3n) is 3.01. The van der Waals surface area contributed by atoms with Crippen molar-refractivity contribution in [2.45, 2.75) is 0 Å². The molecule has 0 bridgehead atoms. The van der Waals surface area contributed by atoms with E-state index in [4.69, 9.17) is 11.8 Å². The first kappa shape index (κ1) is 15.6. The SMILES string of the molecule is [C-]#[N+]/C(C#N)=C\c1ccc(/C=C/c2ccc(N(C)C)cc2)s1. The molecule has 0 fully saturated rings. The van der Waals surface area contributed by atoms with Gasteiger partial charge in [0.2, 0.25) is 0 Å². The zero-order valence-electron chi connectivity index (χ0n) is 12.4. The number of rotatable bonds is 4. The van der Waals surface area contributed by atoms with Gasteiger partial charge in [-0.05, 0) is 42.0 Å². The van der Waals surface area contributed by atoms with Crippen molar-refractivity contribution < 1.29 is 0 Å². The number of allylic oxidation sites excluding steroid dienone is 1. The predicted octanol–water partition coefficient (Wildman–Crippen LogP) is 4.77. The summed E-state index contributed by atoms with van der Waals surface area (Å²) in [5, 5.41) is 8.76. The van der Waals surface area contributed by atoms with Crippen LogP contribution in [-0.4, -0.2) is 14.1 Å². The van der Waals surface area contributed by atoms with Crippen molar-refractivity contribution in [3.05, 3.63) is 68.8 Å². The molecule has 0 unspecified atom stereocenters. The highest BCUT2D eigenvalue weighted by atomic mass is 32.1. The third-order valence-corrected chi connectivity index (χ3v) is 4.01. The molecule has 0 radical (unpaired) electrons. The number of nitriles is 1. The van der Waals surface area contributed by atoms with E-state index in [0.717, 1.165) is 15.3 Å². The van der Waals surface area contributed by atoms with Crippen LogP contribution in [0.3, 0.4) is 0 Å². The second-order valence-corrected chi connectivity index (χ2v) is 5.96. The van der Waals surface area contributed by atoms with Crippen molar-refractivity contribution >= 4 is 35.3 Å². The Hall–Kier alpha value is -2.82. The molecular formula is C18H15N3S. The first-order chi connectivity index (χ1) is 10.6. The molecule has 0 saturated carbocycles. The zero-order valence-corrected chi connectivity index (χ0v) is 13.3. The molecule has 0 spiro atoms. The molecule has 0 amide bonds. The van der Waals surface area contributed by atoms with Gasteiger partial charge < -0.3 is 4.90 Å². The van der Waals surface area contributed by atoms with Gasteiger partial charge in [-0.1, -0.05) is 18.2 Å². The Morgan fingerprint density at radius 2 is 1.82 bits per heavy atom. The lowest BCUT2D eigenvalue weighted by Crippen LogP contribution is -2.07. The Morgan fingerprint density at radius 1 is 1.14 bits per heavy atom. The van der Waals surface area contributed by atoms with E-state index in [1.165, 1.54) is 5.69 Å². The van der Waals surface area contributed by atoms with Crippen molar-refractivity contribution in [2.24, 2.45) is 0 Å². The van der Waals surface area contributed by atoms with E-state index in [9.17, 15) is 0 Å². The van der Waals surface area contributed by atoms with Gasteiger partial charge in [0.05, 0.1) is 12.6 Å². The number of nitrogens with zero attached hydrogens (tertiary/aromatic N) is 3. The molecule has 2 aromatic rings. The lowest BCUT2D eigenvalue weighted by molar-refractivity contribution is 1.13. The maximum absolute atomic E-state index is 8.76. The summed E-state index contributed by atoms with van der Waals surface area (Å²) < 4.78 is 0. The van der Waals surface area contributed by atoms with Crippen LogP contribution < -0.4 is 4.90 Å². The largest absolute Gasteiger partial charge is 0.378 e. The summed E-state index contributed by atoms with van der Waals surface area (Å²) in [6.07, 6.45) is 5.70. The number of hydrogen-bond donors (Lipinski definition) is 0. The van der Waals surface area contributed by atoms with Crippen LogP contribution in [0.4, 0.5) is 5.69 Å². The fraction of sp³-hybridized carbons (Fsp3) is 0.111. The maximum Gasteiger partial charge on any atom is 0.263 e. The molecular weight excluding hydrogens is 290 g/mol. The third kappa shape index (κ3) is 4.09. The van der Waals surface area contributed by atoms with Crippen LogP contribution in [0.1, 0.15) is 15.3 Å². The molecule has 108 valence electrons. The summed E-state index contributed by atoms with van der Waals surface area (Å²) in [6, 6.07) is 14.1. The molecule has 4 heteroatoms. The Kier molecular flexibility index (Phi) is 5.14. The average molecular weight is 305 g/mol. The molecule has 1 aromatic carbocycles. The lowest BCUT2D eigenvalue weighted by atomic mass is 10.2. The van der Waals surface area contributed by atoms with Gasteiger partial charge in [0.15, 0.2) is 0 Å². The Bertz CT molecular complexity index is 765. The van der Waals surface area contributed by atoms with Crippen LogP contribution in [0.2, 0.25) is 0 Å². The Labute approximate surface area is 134 Å². The Balaban J connectivity index is 2.11. The first-order valence-corrected chi connectivity index (χ1v) is 7.48. The summed E-state index contributed by atoms with van der Waals surface area (Å²) >= 11 is 1.55.